The zero-order chi connectivity index (χ0) is 13.2. The van der Waals surface area contributed by atoms with Gasteiger partial charge in [-0.2, -0.15) is 0 Å². The lowest BCUT2D eigenvalue weighted by Gasteiger charge is -2.49. The van der Waals surface area contributed by atoms with Crippen LogP contribution >= 0.6 is 0 Å². The van der Waals surface area contributed by atoms with Crippen LogP contribution in [0.2, 0.25) is 0 Å². The van der Waals surface area contributed by atoms with E-state index in [1.807, 2.05) is 0 Å². The van der Waals surface area contributed by atoms with Gasteiger partial charge in [0.2, 0.25) is 0 Å². The quantitative estimate of drug-likeness (QED) is 0.704. The predicted molar refractivity (Wildman–Crippen MR) is 81.4 cm³/mol. The maximum absolute atomic E-state index is 2.95. The normalized spacial score (nSPS) is 35.5. The highest BCUT2D eigenvalue weighted by Crippen LogP contribution is 2.32. The molecule has 19 heavy (non-hydrogen) atoms. The number of rotatable bonds is 2. The first-order valence-electron chi connectivity index (χ1n) is 8.75. The molecule has 0 N–H and O–H groups in total. The van der Waals surface area contributed by atoms with Gasteiger partial charge in [0.25, 0.3) is 0 Å². The summed E-state index contributed by atoms with van der Waals surface area (Å²) in [4.78, 5) is 5.74. The fourth-order valence-corrected chi connectivity index (χ4v) is 4.67. The first kappa shape index (κ1) is 13.9. The number of hydrogen-bond donors (Lipinski definition) is 0. The molecule has 2 heterocycles. The van der Waals surface area contributed by atoms with Crippen molar-refractivity contribution in [2.24, 2.45) is 5.92 Å². The number of nitrogens with zero attached hydrogens (tertiary/aromatic N) is 2. The van der Waals surface area contributed by atoms with Gasteiger partial charge in [-0.25, -0.2) is 0 Å². The molecule has 2 saturated heterocycles. The summed E-state index contributed by atoms with van der Waals surface area (Å²) in [5.41, 5.74) is 0. The Labute approximate surface area is 119 Å². The molecule has 110 valence electrons. The Morgan fingerprint density at radius 3 is 2.16 bits per heavy atom. The monoisotopic (exact) mass is 264 g/mol. The summed E-state index contributed by atoms with van der Waals surface area (Å²) >= 11 is 0. The van der Waals surface area contributed by atoms with Crippen molar-refractivity contribution in [1.29, 1.82) is 0 Å². The van der Waals surface area contributed by atoms with Crippen LogP contribution in [0.25, 0.3) is 0 Å². The van der Waals surface area contributed by atoms with Crippen LogP contribution in [0.15, 0.2) is 0 Å². The summed E-state index contributed by atoms with van der Waals surface area (Å²) in [6.07, 6.45) is 11.7. The van der Waals surface area contributed by atoms with E-state index in [0.717, 1.165) is 24.0 Å². The Bertz CT molecular complexity index is 281. The van der Waals surface area contributed by atoms with Crippen LogP contribution in [-0.2, 0) is 0 Å². The van der Waals surface area contributed by atoms with E-state index in [1.54, 1.807) is 0 Å². The van der Waals surface area contributed by atoms with Crippen molar-refractivity contribution >= 4 is 0 Å². The van der Waals surface area contributed by atoms with Gasteiger partial charge in [-0.1, -0.05) is 39.5 Å². The molecule has 2 nitrogen and oxygen atoms in total. The molecule has 2 atom stereocenters. The molecule has 0 amide bonds. The molecule has 0 radical (unpaired) electrons. The minimum Gasteiger partial charge on any atom is -0.298 e. The van der Waals surface area contributed by atoms with Crippen LogP contribution in [0.4, 0.5) is 0 Å². The molecule has 2 unspecified atom stereocenters. The number of fused-ring (bicyclic) bond motifs is 1. The van der Waals surface area contributed by atoms with E-state index in [2.05, 4.69) is 23.6 Å². The number of hydrogen-bond acceptors (Lipinski definition) is 2. The lowest BCUT2D eigenvalue weighted by atomic mass is 9.93. The van der Waals surface area contributed by atoms with E-state index in [9.17, 15) is 0 Å². The van der Waals surface area contributed by atoms with E-state index in [-0.39, 0.29) is 0 Å². The minimum absolute atomic E-state index is 0.810. The highest BCUT2D eigenvalue weighted by atomic mass is 15.3. The molecule has 3 aliphatic rings. The van der Waals surface area contributed by atoms with Crippen molar-refractivity contribution in [3.63, 3.8) is 0 Å². The predicted octanol–water partition coefficient (Wildman–Crippen LogP) is 3.51. The Morgan fingerprint density at radius 2 is 1.47 bits per heavy atom. The fourth-order valence-electron chi connectivity index (χ4n) is 4.67. The van der Waals surface area contributed by atoms with Crippen molar-refractivity contribution in [2.75, 3.05) is 19.6 Å². The molecule has 0 aromatic carbocycles. The van der Waals surface area contributed by atoms with Crippen LogP contribution < -0.4 is 0 Å². The molecule has 1 saturated carbocycles. The molecule has 0 spiro atoms. The third kappa shape index (κ3) is 3.00. The lowest BCUT2D eigenvalue weighted by molar-refractivity contribution is -0.00408. The Morgan fingerprint density at radius 1 is 0.789 bits per heavy atom. The summed E-state index contributed by atoms with van der Waals surface area (Å²) in [6.45, 7) is 8.95. The average Bonchev–Trinajstić information content (AvgIpc) is 2.69. The zero-order valence-corrected chi connectivity index (χ0v) is 13.0. The first-order valence-corrected chi connectivity index (χ1v) is 8.75. The van der Waals surface area contributed by atoms with Crippen LogP contribution in [0.5, 0.6) is 0 Å². The highest BCUT2D eigenvalue weighted by Gasteiger charge is 2.39. The maximum Gasteiger partial charge on any atom is 0.0249 e. The smallest absolute Gasteiger partial charge is 0.0249 e. The van der Waals surface area contributed by atoms with Gasteiger partial charge in [0.05, 0.1) is 0 Å². The van der Waals surface area contributed by atoms with Crippen molar-refractivity contribution < 1.29 is 0 Å². The fraction of sp³-hybridized carbons (Fsp3) is 1.00. The van der Waals surface area contributed by atoms with Gasteiger partial charge < -0.3 is 0 Å². The second kappa shape index (κ2) is 6.13. The highest BCUT2D eigenvalue weighted by molar-refractivity contribution is 4.95. The van der Waals surface area contributed by atoms with E-state index in [1.165, 1.54) is 71.0 Å². The van der Waals surface area contributed by atoms with E-state index >= 15 is 0 Å². The van der Waals surface area contributed by atoms with Crippen molar-refractivity contribution in [2.45, 2.75) is 83.3 Å². The maximum atomic E-state index is 2.95. The Hall–Kier alpha value is -0.0800. The largest absolute Gasteiger partial charge is 0.298 e. The second-order valence-electron chi connectivity index (χ2n) is 7.44. The molecule has 2 heteroatoms. The van der Waals surface area contributed by atoms with Crippen LogP contribution in [0.3, 0.4) is 0 Å². The van der Waals surface area contributed by atoms with Crippen LogP contribution in [0, 0.1) is 5.92 Å². The van der Waals surface area contributed by atoms with Crippen LogP contribution in [-0.4, -0.2) is 47.6 Å². The molecule has 3 rings (SSSR count). The molecule has 1 aliphatic carbocycles. The standard InChI is InChI=1S/C17H32N2/c1-14(2)17-13-18-11-7-10-16(18)12-19(17)15-8-5-3-4-6-9-15/h14-17H,3-13H2,1-2H3. The number of piperazine rings is 1. The van der Waals surface area contributed by atoms with Gasteiger partial charge in [0.1, 0.15) is 0 Å². The second-order valence-corrected chi connectivity index (χ2v) is 7.44. The van der Waals surface area contributed by atoms with Crippen molar-refractivity contribution in [3.05, 3.63) is 0 Å². The summed E-state index contributed by atoms with van der Waals surface area (Å²) in [6, 6.07) is 2.60. The average molecular weight is 264 g/mol. The summed E-state index contributed by atoms with van der Waals surface area (Å²) in [7, 11) is 0. The topological polar surface area (TPSA) is 6.48 Å². The van der Waals surface area contributed by atoms with Gasteiger partial charge >= 0.3 is 0 Å². The van der Waals surface area contributed by atoms with Gasteiger partial charge in [-0.05, 0) is 38.1 Å². The van der Waals surface area contributed by atoms with Gasteiger partial charge in [-0.3, -0.25) is 9.80 Å². The Balaban J connectivity index is 1.71. The van der Waals surface area contributed by atoms with E-state index < -0.39 is 0 Å². The Kier molecular flexibility index (Phi) is 4.48. The van der Waals surface area contributed by atoms with E-state index in [0.29, 0.717) is 0 Å². The first-order chi connectivity index (χ1) is 9.25. The molecule has 3 fully saturated rings. The van der Waals surface area contributed by atoms with Crippen molar-refractivity contribution in [3.8, 4) is 0 Å². The minimum atomic E-state index is 0.810. The molecule has 2 aliphatic heterocycles. The summed E-state index contributed by atoms with van der Waals surface area (Å²) < 4.78 is 0. The van der Waals surface area contributed by atoms with Crippen molar-refractivity contribution in [1.82, 2.24) is 9.80 Å². The summed E-state index contributed by atoms with van der Waals surface area (Å²) in [5.74, 6) is 0.810. The van der Waals surface area contributed by atoms with E-state index in [4.69, 9.17) is 0 Å². The molecular formula is C17H32N2. The third-order valence-electron chi connectivity index (χ3n) is 5.83. The SMILES string of the molecule is CC(C)C1CN2CCCC2CN1C1CCCCCC1. The molecular weight excluding hydrogens is 232 g/mol. The molecule has 0 bridgehead atoms. The van der Waals surface area contributed by atoms with Crippen LogP contribution in [0.1, 0.15) is 65.2 Å². The zero-order valence-electron chi connectivity index (χ0n) is 13.0. The van der Waals surface area contributed by atoms with Gasteiger partial charge in [0.15, 0.2) is 0 Å². The van der Waals surface area contributed by atoms with Gasteiger partial charge in [-0.15, -0.1) is 0 Å². The third-order valence-corrected chi connectivity index (χ3v) is 5.83. The summed E-state index contributed by atoms with van der Waals surface area (Å²) in [5, 5.41) is 0. The lowest BCUT2D eigenvalue weighted by Crippen LogP contribution is -2.60. The molecule has 0 aromatic rings. The molecule has 0 aromatic heterocycles. The van der Waals surface area contributed by atoms with Gasteiger partial charge in [0, 0.05) is 31.2 Å².